The predicted octanol–water partition coefficient (Wildman–Crippen LogP) is 2.68. The Labute approximate surface area is 203 Å². The van der Waals surface area contributed by atoms with Gasteiger partial charge in [-0.1, -0.05) is 52.8 Å². The second kappa shape index (κ2) is 11.2. The van der Waals surface area contributed by atoms with Crippen molar-refractivity contribution in [2.24, 2.45) is 11.7 Å². The van der Waals surface area contributed by atoms with Crippen LogP contribution < -0.4 is 20.8 Å². The summed E-state index contributed by atoms with van der Waals surface area (Å²) in [5, 5.41) is 5.52. The lowest BCUT2D eigenvalue weighted by Gasteiger charge is -2.36. The van der Waals surface area contributed by atoms with Crippen LogP contribution in [-0.2, 0) is 25.5 Å². The van der Waals surface area contributed by atoms with Gasteiger partial charge < -0.3 is 25.5 Å². The van der Waals surface area contributed by atoms with Crippen molar-refractivity contribution in [3.05, 3.63) is 42.0 Å². The minimum atomic E-state index is -1.97. The highest BCUT2D eigenvalue weighted by molar-refractivity contribution is 6.74. The minimum Gasteiger partial charge on any atom is -0.544 e. The van der Waals surface area contributed by atoms with E-state index in [0.29, 0.717) is 0 Å². The van der Waals surface area contributed by atoms with Crippen LogP contribution in [0.2, 0.25) is 18.1 Å². The molecule has 8 nitrogen and oxygen atoms in total. The lowest BCUT2D eigenvalue weighted by Crippen LogP contribution is -2.54. The highest BCUT2D eigenvalue weighted by atomic mass is 28.4. The zero-order valence-corrected chi connectivity index (χ0v) is 22.3. The van der Waals surface area contributed by atoms with Crippen LogP contribution in [-0.4, -0.2) is 50.8 Å². The zero-order valence-electron chi connectivity index (χ0n) is 21.3. The maximum Gasteiger partial charge on any atom is 0.329 e. The summed E-state index contributed by atoms with van der Waals surface area (Å²) in [6, 6.07) is 5.18. The molecule has 0 fully saturated rings. The first kappa shape index (κ1) is 27.6. The molecular formula is C25H39N3O5Si. The molecule has 0 unspecified atom stereocenters. The van der Waals surface area contributed by atoms with Gasteiger partial charge in [-0.3, -0.25) is 9.59 Å². The van der Waals surface area contributed by atoms with Gasteiger partial charge in [0, 0.05) is 12.5 Å². The summed E-state index contributed by atoms with van der Waals surface area (Å²) in [6.07, 6.45) is 2.94. The van der Waals surface area contributed by atoms with Crippen molar-refractivity contribution in [3.8, 4) is 5.75 Å². The lowest BCUT2D eigenvalue weighted by atomic mass is 10.0. The molecule has 0 aromatic heterocycles. The fourth-order valence-corrected chi connectivity index (χ4v) is 4.15. The van der Waals surface area contributed by atoms with Gasteiger partial charge in [0.2, 0.25) is 20.1 Å². The first-order chi connectivity index (χ1) is 15.7. The van der Waals surface area contributed by atoms with E-state index >= 15 is 0 Å². The van der Waals surface area contributed by atoms with E-state index in [-0.39, 0.29) is 24.0 Å². The van der Waals surface area contributed by atoms with Gasteiger partial charge in [0.05, 0.1) is 6.04 Å². The van der Waals surface area contributed by atoms with E-state index in [0.717, 1.165) is 11.3 Å². The van der Waals surface area contributed by atoms with Gasteiger partial charge in [-0.25, -0.2) is 4.79 Å². The molecule has 0 saturated carbocycles. The molecule has 188 valence electrons. The van der Waals surface area contributed by atoms with Crippen molar-refractivity contribution in [2.45, 2.75) is 77.3 Å². The molecule has 9 heteroatoms. The topological polar surface area (TPSA) is 120 Å². The molecule has 3 atom stereocenters. The van der Waals surface area contributed by atoms with Crippen molar-refractivity contribution in [1.82, 2.24) is 10.6 Å². The average molecular weight is 490 g/mol. The number of carbonyl (C=O) groups excluding carboxylic acids is 3. The number of amides is 2. The number of nitrogens with two attached hydrogens (primary N) is 1. The largest absolute Gasteiger partial charge is 0.544 e. The molecule has 0 spiro atoms. The second-order valence-corrected chi connectivity index (χ2v) is 15.4. The van der Waals surface area contributed by atoms with E-state index in [4.69, 9.17) is 14.9 Å². The summed E-state index contributed by atoms with van der Waals surface area (Å²) < 4.78 is 11.7. The summed E-state index contributed by atoms with van der Waals surface area (Å²) in [7, 11) is -1.97. The standard InChI is InChI=1S/C25H39N3O5Si/c1-16(2)22-23(30)27-20(24(31)32-15-18(26)10-13-21(29)28-22)14-17-8-11-19(12-9-17)33-34(6,7)25(3,4)5/h8-13,16,18,20,22H,14-15,26H2,1-7H3,(H,27,30)(H,28,29)/b13-10-/t18-,20+,22+/m1/s1. The van der Waals surface area contributed by atoms with Crippen LogP contribution in [0.5, 0.6) is 5.75 Å². The smallest absolute Gasteiger partial charge is 0.329 e. The van der Waals surface area contributed by atoms with Crippen molar-refractivity contribution in [3.63, 3.8) is 0 Å². The van der Waals surface area contributed by atoms with Crippen LogP contribution >= 0.6 is 0 Å². The van der Waals surface area contributed by atoms with Crippen molar-refractivity contribution in [2.75, 3.05) is 6.61 Å². The highest BCUT2D eigenvalue weighted by Crippen LogP contribution is 2.37. The lowest BCUT2D eigenvalue weighted by molar-refractivity contribution is -0.148. The first-order valence-corrected chi connectivity index (χ1v) is 14.6. The molecule has 0 aliphatic carbocycles. The molecule has 0 saturated heterocycles. The maximum atomic E-state index is 12.9. The third-order valence-electron chi connectivity index (χ3n) is 6.30. The Morgan fingerprint density at radius 2 is 1.74 bits per heavy atom. The molecule has 1 heterocycles. The number of benzene rings is 1. The van der Waals surface area contributed by atoms with Gasteiger partial charge in [0.25, 0.3) is 0 Å². The molecule has 1 aliphatic rings. The molecule has 4 N–H and O–H groups in total. The molecule has 1 aliphatic heterocycles. The molecular weight excluding hydrogens is 450 g/mol. The first-order valence-electron chi connectivity index (χ1n) is 11.7. The van der Waals surface area contributed by atoms with Crippen LogP contribution in [0.3, 0.4) is 0 Å². The van der Waals surface area contributed by atoms with Gasteiger partial charge in [0.1, 0.15) is 24.4 Å². The number of nitrogens with one attached hydrogen (secondary N) is 2. The highest BCUT2D eigenvalue weighted by Gasteiger charge is 2.39. The summed E-state index contributed by atoms with van der Waals surface area (Å²) in [5.74, 6) is -0.849. The number of ether oxygens (including phenoxy) is 1. The number of cyclic esters (lactones) is 1. The van der Waals surface area contributed by atoms with E-state index < -0.39 is 44.2 Å². The Morgan fingerprint density at radius 3 is 2.29 bits per heavy atom. The Balaban J connectivity index is 2.22. The Hall–Kier alpha value is -2.65. The fourth-order valence-electron chi connectivity index (χ4n) is 3.11. The van der Waals surface area contributed by atoms with E-state index in [1.807, 2.05) is 38.1 Å². The van der Waals surface area contributed by atoms with Crippen molar-refractivity contribution in [1.29, 1.82) is 0 Å². The van der Waals surface area contributed by atoms with E-state index in [1.165, 1.54) is 12.2 Å². The molecule has 1 aromatic carbocycles. The number of esters is 1. The van der Waals surface area contributed by atoms with Crippen LogP contribution in [0.25, 0.3) is 0 Å². The summed E-state index contributed by atoms with van der Waals surface area (Å²) in [4.78, 5) is 37.9. The molecule has 2 rings (SSSR count). The Kier molecular flexibility index (Phi) is 9.07. The van der Waals surface area contributed by atoms with Gasteiger partial charge in [-0.2, -0.15) is 0 Å². The average Bonchev–Trinajstić information content (AvgIpc) is 2.73. The van der Waals surface area contributed by atoms with Crippen molar-refractivity contribution >= 4 is 26.1 Å². The van der Waals surface area contributed by atoms with Crippen LogP contribution in [0.1, 0.15) is 40.2 Å². The monoisotopic (exact) mass is 489 g/mol. The van der Waals surface area contributed by atoms with Gasteiger partial charge >= 0.3 is 5.97 Å². The number of hydrogen-bond acceptors (Lipinski definition) is 6. The SMILES string of the molecule is CC(C)[C@@H]1NC(=O)/C=C\[C@@H](N)COC(=O)[C@H](Cc2ccc(O[Si](C)(C)C(C)(C)C)cc2)NC1=O. The van der Waals surface area contributed by atoms with Gasteiger partial charge in [0.15, 0.2) is 0 Å². The summed E-state index contributed by atoms with van der Waals surface area (Å²) in [6.45, 7) is 14.4. The zero-order chi connectivity index (χ0) is 25.7. The van der Waals surface area contributed by atoms with Gasteiger partial charge in [-0.05, 0) is 41.7 Å². The van der Waals surface area contributed by atoms with Crippen LogP contribution in [0, 0.1) is 5.92 Å². The molecule has 0 radical (unpaired) electrons. The summed E-state index contributed by atoms with van der Waals surface area (Å²) in [5.41, 5.74) is 6.75. The Morgan fingerprint density at radius 1 is 1.12 bits per heavy atom. The van der Waals surface area contributed by atoms with E-state index in [9.17, 15) is 14.4 Å². The maximum absolute atomic E-state index is 12.9. The van der Waals surface area contributed by atoms with Gasteiger partial charge in [-0.15, -0.1) is 0 Å². The molecule has 34 heavy (non-hydrogen) atoms. The van der Waals surface area contributed by atoms with Crippen LogP contribution in [0.4, 0.5) is 0 Å². The molecule has 0 bridgehead atoms. The minimum absolute atomic E-state index is 0.0752. The molecule has 2 amide bonds. The number of rotatable bonds is 5. The molecule has 1 aromatic rings. The fraction of sp³-hybridized carbons (Fsp3) is 0.560. The quantitative estimate of drug-likeness (QED) is 0.432. The van der Waals surface area contributed by atoms with E-state index in [1.54, 1.807) is 0 Å². The van der Waals surface area contributed by atoms with Crippen LogP contribution in [0.15, 0.2) is 36.4 Å². The van der Waals surface area contributed by atoms with E-state index in [2.05, 4.69) is 44.5 Å². The normalized spacial score (nSPS) is 23.8. The number of hydrogen-bond donors (Lipinski definition) is 3. The van der Waals surface area contributed by atoms with Crippen molar-refractivity contribution < 1.29 is 23.5 Å². The summed E-state index contributed by atoms with van der Waals surface area (Å²) >= 11 is 0. The Bertz CT molecular complexity index is 906. The second-order valence-electron chi connectivity index (χ2n) is 10.7. The third-order valence-corrected chi connectivity index (χ3v) is 10.7. The predicted molar refractivity (Wildman–Crippen MR) is 135 cm³/mol. The number of carbonyl (C=O) groups is 3. The third kappa shape index (κ3) is 7.70.